The molecule has 1 N–H and O–H groups in total. The number of anilines is 1. The number of hydrogen-bond donors (Lipinski definition) is 1. The highest BCUT2D eigenvalue weighted by molar-refractivity contribution is 7.89. The van der Waals surface area contributed by atoms with Gasteiger partial charge < -0.3 is 9.84 Å². The van der Waals surface area contributed by atoms with Gasteiger partial charge in [-0.25, -0.2) is 8.42 Å². The number of carbonyl (C=O) groups excluding carboxylic acids is 1. The van der Waals surface area contributed by atoms with Gasteiger partial charge in [-0.15, -0.1) is 0 Å². The molecule has 140 valence electrons. The maximum atomic E-state index is 13.1. The third-order valence-corrected chi connectivity index (χ3v) is 6.89. The first-order valence-corrected chi connectivity index (χ1v) is 10.1. The first-order valence-electron chi connectivity index (χ1n) is 8.23. The second kappa shape index (κ2) is 7.02. The molecule has 0 bridgehead atoms. The molecule has 1 amide bonds. The standard InChI is InChI=1S/C17H20ClN3O4S/c1-10-6-7-13(18)9-14(10)19-17(22)15-5-4-8-21(15)26(23,24)16-11(2)20-25-12(16)3/h6-7,9,15H,4-5,8H2,1-3H3,(H,19,22). The van der Waals surface area contributed by atoms with E-state index in [1.807, 2.05) is 6.92 Å². The molecule has 0 saturated carbocycles. The predicted octanol–water partition coefficient (Wildman–Crippen LogP) is 3.05. The lowest BCUT2D eigenvalue weighted by molar-refractivity contribution is -0.119. The van der Waals surface area contributed by atoms with Crippen LogP contribution in [0.4, 0.5) is 5.69 Å². The van der Waals surface area contributed by atoms with E-state index in [9.17, 15) is 13.2 Å². The van der Waals surface area contributed by atoms with Gasteiger partial charge in [0.25, 0.3) is 0 Å². The topological polar surface area (TPSA) is 92.5 Å². The Morgan fingerprint density at radius 3 is 2.73 bits per heavy atom. The van der Waals surface area contributed by atoms with Crippen molar-refractivity contribution in [3.8, 4) is 0 Å². The van der Waals surface area contributed by atoms with Gasteiger partial charge in [-0.1, -0.05) is 22.8 Å². The Balaban J connectivity index is 1.88. The minimum atomic E-state index is -3.87. The zero-order valence-electron chi connectivity index (χ0n) is 14.7. The molecule has 1 saturated heterocycles. The summed E-state index contributed by atoms with van der Waals surface area (Å²) in [5, 5.41) is 7.02. The minimum absolute atomic E-state index is 0.0381. The van der Waals surface area contributed by atoms with Gasteiger partial charge in [-0.3, -0.25) is 4.79 Å². The molecule has 7 nitrogen and oxygen atoms in total. The van der Waals surface area contributed by atoms with Gasteiger partial charge in [-0.2, -0.15) is 4.31 Å². The van der Waals surface area contributed by atoms with Crippen molar-refractivity contribution in [2.24, 2.45) is 0 Å². The number of halogens is 1. The highest BCUT2D eigenvalue weighted by Crippen LogP contribution is 2.30. The van der Waals surface area contributed by atoms with E-state index in [0.717, 1.165) is 5.56 Å². The van der Waals surface area contributed by atoms with Crippen molar-refractivity contribution < 1.29 is 17.7 Å². The number of nitrogens with zero attached hydrogens (tertiary/aromatic N) is 2. The van der Waals surface area contributed by atoms with Gasteiger partial charge in [-0.05, 0) is 51.3 Å². The number of aromatic nitrogens is 1. The van der Waals surface area contributed by atoms with Gasteiger partial charge in [0, 0.05) is 17.3 Å². The Morgan fingerprint density at radius 1 is 1.35 bits per heavy atom. The first-order chi connectivity index (χ1) is 12.2. The van der Waals surface area contributed by atoms with Gasteiger partial charge in [0.05, 0.1) is 0 Å². The van der Waals surface area contributed by atoms with Crippen molar-refractivity contribution in [2.75, 3.05) is 11.9 Å². The molecule has 1 aliphatic rings. The van der Waals surface area contributed by atoms with Crippen LogP contribution >= 0.6 is 11.6 Å². The number of hydrogen-bond acceptors (Lipinski definition) is 5. The highest BCUT2D eigenvalue weighted by atomic mass is 35.5. The van der Waals surface area contributed by atoms with E-state index in [1.54, 1.807) is 32.0 Å². The van der Waals surface area contributed by atoms with E-state index in [-0.39, 0.29) is 23.1 Å². The SMILES string of the molecule is Cc1ccc(Cl)cc1NC(=O)C1CCCN1S(=O)(=O)c1c(C)noc1C. The summed E-state index contributed by atoms with van der Waals surface area (Å²) in [6.07, 6.45) is 1.06. The summed E-state index contributed by atoms with van der Waals surface area (Å²) in [7, 11) is -3.87. The number of aryl methyl sites for hydroxylation is 3. The fourth-order valence-electron chi connectivity index (χ4n) is 3.19. The second-order valence-corrected chi connectivity index (χ2v) is 8.64. The summed E-state index contributed by atoms with van der Waals surface area (Å²) in [5.41, 5.74) is 1.71. The van der Waals surface area contributed by atoms with Crippen LogP contribution in [0, 0.1) is 20.8 Å². The lowest BCUT2D eigenvalue weighted by atomic mass is 10.1. The molecule has 2 aromatic rings. The third-order valence-electron chi connectivity index (χ3n) is 4.50. The molecule has 9 heteroatoms. The fraction of sp³-hybridized carbons (Fsp3) is 0.412. The summed E-state index contributed by atoms with van der Waals surface area (Å²) >= 11 is 5.99. The van der Waals surface area contributed by atoms with Gasteiger partial charge in [0.2, 0.25) is 15.9 Å². The normalized spacial score (nSPS) is 18.2. The molecule has 1 aliphatic heterocycles. The number of amides is 1. The van der Waals surface area contributed by atoms with Gasteiger partial charge in [0.15, 0.2) is 5.76 Å². The number of sulfonamides is 1. The van der Waals surface area contributed by atoms with E-state index in [2.05, 4.69) is 10.5 Å². The fourth-order valence-corrected chi connectivity index (χ4v) is 5.32. The van der Waals surface area contributed by atoms with Crippen molar-refractivity contribution in [2.45, 2.75) is 44.6 Å². The van der Waals surface area contributed by atoms with Gasteiger partial charge >= 0.3 is 0 Å². The largest absolute Gasteiger partial charge is 0.360 e. The van der Waals surface area contributed by atoms with E-state index in [0.29, 0.717) is 29.2 Å². The molecule has 0 spiro atoms. The lowest BCUT2D eigenvalue weighted by Crippen LogP contribution is -2.43. The summed E-state index contributed by atoms with van der Waals surface area (Å²) in [6, 6.07) is 4.39. The molecule has 26 heavy (non-hydrogen) atoms. The molecule has 1 unspecified atom stereocenters. The smallest absolute Gasteiger partial charge is 0.249 e. The highest BCUT2D eigenvalue weighted by Gasteiger charge is 2.41. The van der Waals surface area contributed by atoms with Crippen molar-refractivity contribution in [1.29, 1.82) is 0 Å². The predicted molar refractivity (Wildman–Crippen MR) is 97.7 cm³/mol. The summed E-state index contributed by atoms with van der Waals surface area (Å²) < 4.78 is 32.3. The zero-order chi connectivity index (χ0) is 19.1. The maximum Gasteiger partial charge on any atom is 0.249 e. The first kappa shape index (κ1) is 18.9. The minimum Gasteiger partial charge on any atom is -0.360 e. The van der Waals surface area contributed by atoms with Crippen LogP contribution in [-0.4, -0.2) is 36.4 Å². The number of carbonyl (C=O) groups is 1. The molecular formula is C17H20ClN3O4S. The van der Waals surface area contributed by atoms with Crippen LogP contribution in [0.25, 0.3) is 0 Å². The Labute approximate surface area is 157 Å². The Kier molecular flexibility index (Phi) is 5.09. The number of nitrogens with one attached hydrogen (secondary N) is 1. The molecule has 0 aliphatic carbocycles. The van der Waals surface area contributed by atoms with Crippen LogP contribution < -0.4 is 5.32 Å². The lowest BCUT2D eigenvalue weighted by Gasteiger charge is -2.23. The molecule has 1 atom stereocenters. The molecular weight excluding hydrogens is 378 g/mol. The number of rotatable bonds is 4. The third kappa shape index (κ3) is 3.36. The molecule has 3 rings (SSSR count). The molecule has 1 aromatic carbocycles. The molecule has 2 heterocycles. The van der Waals surface area contributed by atoms with Crippen LogP contribution in [0.15, 0.2) is 27.6 Å². The Bertz CT molecular complexity index is 935. The monoisotopic (exact) mass is 397 g/mol. The molecule has 1 fully saturated rings. The summed E-state index contributed by atoms with van der Waals surface area (Å²) in [5.74, 6) is -0.151. The Morgan fingerprint density at radius 2 is 2.08 bits per heavy atom. The Hall–Kier alpha value is -1.90. The van der Waals surface area contributed by atoms with Crippen LogP contribution in [0.3, 0.4) is 0 Å². The van der Waals surface area contributed by atoms with Crippen LogP contribution in [0.5, 0.6) is 0 Å². The number of benzene rings is 1. The van der Waals surface area contributed by atoms with Crippen LogP contribution in [0.2, 0.25) is 5.02 Å². The maximum absolute atomic E-state index is 13.1. The summed E-state index contributed by atoms with van der Waals surface area (Å²) in [4.78, 5) is 12.8. The van der Waals surface area contributed by atoms with Crippen LogP contribution in [-0.2, 0) is 14.8 Å². The van der Waals surface area contributed by atoms with Crippen LogP contribution in [0.1, 0.15) is 29.9 Å². The average molecular weight is 398 g/mol. The van der Waals surface area contributed by atoms with E-state index in [4.69, 9.17) is 16.1 Å². The molecule has 0 radical (unpaired) electrons. The second-order valence-electron chi connectivity index (χ2n) is 6.38. The van der Waals surface area contributed by atoms with Crippen molar-refractivity contribution in [3.05, 3.63) is 40.2 Å². The van der Waals surface area contributed by atoms with Crippen molar-refractivity contribution in [1.82, 2.24) is 9.46 Å². The van der Waals surface area contributed by atoms with Crippen molar-refractivity contribution in [3.63, 3.8) is 0 Å². The van der Waals surface area contributed by atoms with E-state index >= 15 is 0 Å². The summed E-state index contributed by atoms with van der Waals surface area (Å²) in [6.45, 7) is 5.25. The van der Waals surface area contributed by atoms with E-state index in [1.165, 1.54) is 4.31 Å². The van der Waals surface area contributed by atoms with Crippen molar-refractivity contribution >= 4 is 33.2 Å². The molecule has 1 aromatic heterocycles. The van der Waals surface area contributed by atoms with E-state index < -0.39 is 16.1 Å². The quantitative estimate of drug-likeness (QED) is 0.855. The van der Waals surface area contributed by atoms with Gasteiger partial charge in [0.1, 0.15) is 16.6 Å². The zero-order valence-corrected chi connectivity index (χ0v) is 16.3. The average Bonchev–Trinajstić information content (AvgIpc) is 3.18.